The van der Waals surface area contributed by atoms with Gasteiger partial charge in [0, 0.05) is 43.2 Å². The van der Waals surface area contributed by atoms with Gasteiger partial charge < -0.3 is 19.7 Å². The Hall–Kier alpha value is -3.19. The minimum Gasteiger partial charge on any atom is -0.497 e. The zero-order valence-electron chi connectivity index (χ0n) is 17.5. The van der Waals surface area contributed by atoms with Crippen LogP contribution in [0.3, 0.4) is 0 Å². The summed E-state index contributed by atoms with van der Waals surface area (Å²) in [5.41, 5.74) is 3.08. The van der Waals surface area contributed by atoms with E-state index in [4.69, 9.17) is 9.47 Å². The molecule has 0 unspecified atom stereocenters. The summed E-state index contributed by atoms with van der Waals surface area (Å²) < 4.78 is 10.6. The van der Waals surface area contributed by atoms with Gasteiger partial charge in [0.1, 0.15) is 17.4 Å². The van der Waals surface area contributed by atoms with Gasteiger partial charge >= 0.3 is 0 Å². The van der Waals surface area contributed by atoms with E-state index in [0.717, 1.165) is 67.9 Å². The van der Waals surface area contributed by atoms with Crippen molar-refractivity contribution in [3.8, 4) is 17.1 Å². The minimum absolute atomic E-state index is 0.683. The summed E-state index contributed by atoms with van der Waals surface area (Å²) in [4.78, 5) is 16.1. The Morgan fingerprint density at radius 1 is 1.07 bits per heavy atom. The highest BCUT2D eigenvalue weighted by Gasteiger charge is 2.13. The molecule has 156 valence electrons. The smallest absolute Gasteiger partial charge is 0.163 e. The predicted octanol–water partition coefficient (Wildman–Crippen LogP) is 3.35. The lowest BCUT2D eigenvalue weighted by Gasteiger charge is -2.27. The van der Waals surface area contributed by atoms with Gasteiger partial charge in [-0.1, -0.05) is 12.1 Å². The maximum Gasteiger partial charge on any atom is 0.163 e. The van der Waals surface area contributed by atoms with Gasteiger partial charge in [-0.15, -0.1) is 0 Å². The highest BCUT2D eigenvalue weighted by molar-refractivity contribution is 5.58. The van der Waals surface area contributed by atoms with Gasteiger partial charge in [0.05, 0.1) is 20.3 Å². The molecule has 2 aromatic heterocycles. The first-order valence-corrected chi connectivity index (χ1v) is 10.2. The van der Waals surface area contributed by atoms with E-state index in [1.54, 1.807) is 7.11 Å². The van der Waals surface area contributed by atoms with E-state index in [0.29, 0.717) is 5.82 Å². The van der Waals surface area contributed by atoms with E-state index in [2.05, 4.69) is 37.3 Å². The molecule has 0 bridgehead atoms. The fraction of sp³-hybridized carbons (Fsp3) is 0.348. The molecule has 1 N–H and O–H groups in total. The number of rotatable bonds is 7. The van der Waals surface area contributed by atoms with Gasteiger partial charge in [-0.2, -0.15) is 0 Å². The molecule has 7 nitrogen and oxygen atoms in total. The van der Waals surface area contributed by atoms with Crippen molar-refractivity contribution in [2.75, 3.05) is 50.2 Å². The molecule has 1 aliphatic heterocycles. The number of methoxy groups -OCH3 is 1. The van der Waals surface area contributed by atoms with Gasteiger partial charge in [0.15, 0.2) is 5.82 Å². The van der Waals surface area contributed by atoms with Gasteiger partial charge in [-0.3, -0.25) is 0 Å². The fourth-order valence-corrected chi connectivity index (χ4v) is 3.41. The van der Waals surface area contributed by atoms with Gasteiger partial charge in [-0.25, -0.2) is 15.0 Å². The third-order valence-electron chi connectivity index (χ3n) is 5.07. The Morgan fingerprint density at radius 2 is 1.87 bits per heavy atom. The topological polar surface area (TPSA) is 72.4 Å². The van der Waals surface area contributed by atoms with Crippen LogP contribution < -0.4 is 15.0 Å². The molecule has 1 aromatic carbocycles. The van der Waals surface area contributed by atoms with E-state index in [1.807, 2.05) is 43.5 Å². The van der Waals surface area contributed by atoms with Crippen LogP contribution in [0.2, 0.25) is 0 Å². The second-order valence-corrected chi connectivity index (χ2v) is 7.25. The summed E-state index contributed by atoms with van der Waals surface area (Å²) in [5, 5.41) is 3.41. The van der Waals surface area contributed by atoms with Crippen LogP contribution >= 0.6 is 0 Å². The van der Waals surface area contributed by atoms with E-state index >= 15 is 0 Å². The molecule has 1 saturated heterocycles. The Balaban J connectivity index is 1.40. The van der Waals surface area contributed by atoms with Crippen molar-refractivity contribution in [3.05, 3.63) is 59.9 Å². The molecule has 1 aliphatic rings. The Kier molecular flexibility index (Phi) is 6.39. The van der Waals surface area contributed by atoms with Crippen LogP contribution in [-0.2, 0) is 11.2 Å². The van der Waals surface area contributed by atoms with E-state index in [1.165, 1.54) is 5.56 Å². The van der Waals surface area contributed by atoms with Crippen LogP contribution in [-0.4, -0.2) is 54.9 Å². The number of pyridine rings is 1. The van der Waals surface area contributed by atoms with Crippen molar-refractivity contribution >= 4 is 11.6 Å². The zero-order valence-corrected chi connectivity index (χ0v) is 17.5. The lowest BCUT2D eigenvalue weighted by Crippen LogP contribution is -2.36. The number of hydrogen-bond acceptors (Lipinski definition) is 7. The summed E-state index contributed by atoms with van der Waals surface area (Å²) in [5.74, 6) is 3.34. The molecule has 30 heavy (non-hydrogen) atoms. The third kappa shape index (κ3) is 5.04. The molecule has 4 rings (SSSR count). The van der Waals surface area contributed by atoms with Crippen molar-refractivity contribution in [3.63, 3.8) is 0 Å². The zero-order chi connectivity index (χ0) is 20.8. The molecule has 0 spiro atoms. The number of nitrogens with one attached hydrogen (secondary N) is 1. The number of nitrogens with zero attached hydrogens (tertiary/aromatic N) is 4. The number of hydrogen-bond donors (Lipinski definition) is 1. The van der Waals surface area contributed by atoms with Crippen LogP contribution in [0.25, 0.3) is 11.4 Å². The molecule has 3 aromatic rings. The summed E-state index contributed by atoms with van der Waals surface area (Å²) >= 11 is 0. The highest BCUT2D eigenvalue weighted by Crippen LogP contribution is 2.21. The summed E-state index contributed by atoms with van der Waals surface area (Å²) in [6, 6.07) is 14.2. The summed E-state index contributed by atoms with van der Waals surface area (Å²) in [6.07, 6.45) is 2.75. The number of morpholine rings is 1. The third-order valence-corrected chi connectivity index (χ3v) is 5.07. The van der Waals surface area contributed by atoms with E-state index < -0.39 is 0 Å². The SMILES string of the molecule is COc1ccc(CCNc2cc(C)nc(-c3ccc(N4CCOCC4)nc3)n2)cc1. The quantitative estimate of drug-likeness (QED) is 0.646. The average molecular weight is 406 g/mol. The molecule has 0 amide bonds. The number of aryl methyl sites for hydroxylation is 1. The second-order valence-electron chi connectivity index (χ2n) is 7.25. The van der Waals surface area contributed by atoms with Crippen LogP contribution in [0, 0.1) is 6.92 Å². The van der Waals surface area contributed by atoms with Crippen LogP contribution in [0.4, 0.5) is 11.6 Å². The van der Waals surface area contributed by atoms with Crippen molar-refractivity contribution in [1.29, 1.82) is 0 Å². The van der Waals surface area contributed by atoms with Gasteiger partial charge in [-0.05, 0) is 43.2 Å². The first-order valence-electron chi connectivity index (χ1n) is 10.2. The Labute approximate surface area is 177 Å². The van der Waals surface area contributed by atoms with Crippen molar-refractivity contribution < 1.29 is 9.47 Å². The van der Waals surface area contributed by atoms with Crippen molar-refractivity contribution in [2.24, 2.45) is 0 Å². The van der Waals surface area contributed by atoms with Gasteiger partial charge in [0.25, 0.3) is 0 Å². The van der Waals surface area contributed by atoms with Crippen molar-refractivity contribution in [2.45, 2.75) is 13.3 Å². The molecule has 0 aliphatic carbocycles. The molecule has 0 atom stereocenters. The molecule has 7 heteroatoms. The largest absolute Gasteiger partial charge is 0.497 e. The second kappa shape index (κ2) is 9.54. The maximum atomic E-state index is 5.41. The lowest BCUT2D eigenvalue weighted by molar-refractivity contribution is 0.122. The minimum atomic E-state index is 0.683. The molecule has 3 heterocycles. The number of benzene rings is 1. The summed E-state index contributed by atoms with van der Waals surface area (Å²) in [7, 11) is 1.68. The first-order chi connectivity index (χ1) is 14.7. The molecule has 1 fully saturated rings. The molecule has 0 radical (unpaired) electrons. The number of anilines is 2. The van der Waals surface area contributed by atoms with Gasteiger partial charge in [0.2, 0.25) is 0 Å². The molecular weight excluding hydrogens is 378 g/mol. The predicted molar refractivity (Wildman–Crippen MR) is 118 cm³/mol. The first kappa shape index (κ1) is 20.1. The Bertz CT molecular complexity index is 954. The summed E-state index contributed by atoms with van der Waals surface area (Å²) in [6.45, 7) is 6.00. The normalized spacial score (nSPS) is 13.9. The van der Waals surface area contributed by atoms with Crippen LogP contribution in [0.15, 0.2) is 48.7 Å². The molecular formula is C23H27N5O2. The standard InChI is InChI=1S/C23H27N5O2/c1-17-15-21(24-10-9-18-3-6-20(29-2)7-4-18)27-23(26-17)19-5-8-22(25-16-19)28-11-13-30-14-12-28/h3-8,15-16H,9-14H2,1-2H3,(H,24,26,27). The lowest BCUT2D eigenvalue weighted by atomic mass is 10.1. The monoisotopic (exact) mass is 405 g/mol. The Morgan fingerprint density at radius 3 is 2.57 bits per heavy atom. The maximum absolute atomic E-state index is 5.41. The van der Waals surface area contributed by atoms with Crippen LogP contribution in [0.1, 0.15) is 11.3 Å². The van der Waals surface area contributed by atoms with E-state index in [9.17, 15) is 0 Å². The highest BCUT2D eigenvalue weighted by atomic mass is 16.5. The number of ether oxygens (including phenoxy) is 2. The average Bonchev–Trinajstić information content (AvgIpc) is 2.80. The van der Waals surface area contributed by atoms with Crippen LogP contribution in [0.5, 0.6) is 5.75 Å². The fourth-order valence-electron chi connectivity index (χ4n) is 3.41. The van der Waals surface area contributed by atoms with Crippen molar-refractivity contribution in [1.82, 2.24) is 15.0 Å². The number of aromatic nitrogens is 3. The molecule has 0 saturated carbocycles. The van der Waals surface area contributed by atoms with E-state index in [-0.39, 0.29) is 0 Å².